The fourth-order valence-electron chi connectivity index (χ4n) is 5.38. The Bertz CT molecular complexity index is 772. The van der Waals surface area contributed by atoms with Crippen molar-refractivity contribution in [1.29, 1.82) is 0 Å². The second-order valence-corrected chi connectivity index (χ2v) is 8.50. The van der Waals surface area contributed by atoms with Gasteiger partial charge in [-0.2, -0.15) is 0 Å². The number of likely N-dealkylation sites (tertiary alicyclic amines) is 1. The molecule has 1 aliphatic heterocycles. The van der Waals surface area contributed by atoms with Crippen molar-refractivity contribution >= 4 is 0 Å². The van der Waals surface area contributed by atoms with Gasteiger partial charge in [0, 0.05) is 17.9 Å². The van der Waals surface area contributed by atoms with Gasteiger partial charge in [0.1, 0.15) is 18.3 Å². The number of para-hydroxylation sites is 1. The molecule has 2 aliphatic rings. The zero-order valence-corrected chi connectivity index (χ0v) is 16.6. The molecule has 1 aliphatic carbocycles. The Hall–Kier alpha value is -1.84. The van der Waals surface area contributed by atoms with Crippen LogP contribution in [0, 0.1) is 12.8 Å². The number of aryl methyl sites for hydroxylation is 1. The highest BCUT2D eigenvalue weighted by molar-refractivity contribution is 5.36. The third-order valence-electron chi connectivity index (χ3n) is 6.81. The Morgan fingerprint density at radius 1 is 1.07 bits per heavy atom. The van der Waals surface area contributed by atoms with Crippen LogP contribution in [0.25, 0.3) is 0 Å². The lowest BCUT2D eigenvalue weighted by Gasteiger charge is -2.50. The highest BCUT2D eigenvalue weighted by atomic mass is 16.5. The van der Waals surface area contributed by atoms with Crippen molar-refractivity contribution in [3.63, 3.8) is 0 Å². The van der Waals surface area contributed by atoms with E-state index in [9.17, 15) is 5.11 Å². The van der Waals surface area contributed by atoms with Crippen LogP contribution in [0.5, 0.6) is 5.75 Å². The van der Waals surface area contributed by atoms with Crippen LogP contribution in [0.2, 0.25) is 0 Å². The third kappa shape index (κ3) is 3.63. The quantitative estimate of drug-likeness (QED) is 0.869. The Balaban J connectivity index is 1.71. The average Bonchev–Trinajstić information content (AvgIpc) is 2.69. The largest absolute Gasteiger partial charge is 0.496 e. The second-order valence-electron chi connectivity index (χ2n) is 8.50. The lowest BCUT2D eigenvalue weighted by molar-refractivity contribution is -0.958. The molecule has 2 N–H and O–H groups in total. The predicted octanol–water partition coefficient (Wildman–Crippen LogP) is 3.45. The third-order valence-corrected chi connectivity index (χ3v) is 6.81. The number of benzene rings is 2. The van der Waals surface area contributed by atoms with E-state index in [-0.39, 0.29) is 6.04 Å². The first-order chi connectivity index (χ1) is 13.1. The number of hydrogen-bond acceptors (Lipinski definition) is 2. The standard InChI is InChI=1S/C24H31NO2/c1-18-10-12-19(13-11-18)17-25-16-15-24(26)14-6-5-8-21(24)23(25)20-7-3-4-9-22(20)27-2/h3-4,7,9-13,21,23,26H,5-6,8,14-17H2,1-2H3/p+1/t21-,23-,24-/m1/s1. The maximum Gasteiger partial charge on any atom is 0.128 e. The topological polar surface area (TPSA) is 33.9 Å². The van der Waals surface area contributed by atoms with Crippen LogP contribution in [0.3, 0.4) is 0 Å². The summed E-state index contributed by atoms with van der Waals surface area (Å²) in [6, 6.07) is 17.6. The maximum atomic E-state index is 11.5. The monoisotopic (exact) mass is 366 g/mol. The Morgan fingerprint density at radius 2 is 1.85 bits per heavy atom. The van der Waals surface area contributed by atoms with Gasteiger partial charge in [0.2, 0.25) is 0 Å². The van der Waals surface area contributed by atoms with Crippen molar-refractivity contribution in [1.82, 2.24) is 0 Å². The molecule has 0 spiro atoms. The van der Waals surface area contributed by atoms with Gasteiger partial charge >= 0.3 is 0 Å². The minimum absolute atomic E-state index is 0.279. The van der Waals surface area contributed by atoms with Crippen LogP contribution in [0.4, 0.5) is 0 Å². The summed E-state index contributed by atoms with van der Waals surface area (Å²) < 4.78 is 5.73. The number of piperidine rings is 1. The molecule has 0 bridgehead atoms. The number of quaternary nitrogens is 1. The van der Waals surface area contributed by atoms with Crippen LogP contribution in [0.15, 0.2) is 48.5 Å². The van der Waals surface area contributed by atoms with E-state index in [1.54, 1.807) is 12.0 Å². The van der Waals surface area contributed by atoms with Gasteiger partial charge in [-0.15, -0.1) is 0 Å². The predicted molar refractivity (Wildman–Crippen MR) is 108 cm³/mol. The molecule has 144 valence electrons. The average molecular weight is 367 g/mol. The van der Waals surface area contributed by atoms with E-state index in [0.717, 1.165) is 44.5 Å². The molecule has 1 heterocycles. The summed E-state index contributed by atoms with van der Waals surface area (Å²) in [5.41, 5.74) is 3.42. The molecule has 2 fully saturated rings. The van der Waals surface area contributed by atoms with Crippen LogP contribution in [0.1, 0.15) is 54.8 Å². The van der Waals surface area contributed by atoms with Crippen molar-refractivity contribution in [2.24, 2.45) is 5.92 Å². The highest BCUT2D eigenvalue weighted by Crippen LogP contribution is 2.45. The van der Waals surface area contributed by atoms with E-state index in [1.165, 1.54) is 23.1 Å². The SMILES string of the molecule is COc1ccccc1[C@@H]1[C@H]2CCCC[C@@]2(O)CC[NH+]1Cc1ccc(C)cc1. The number of hydrogen-bond donors (Lipinski definition) is 2. The van der Waals surface area contributed by atoms with Gasteiger partial charge in [0.25, 0.3) is 0 Å². The molecular formula is C24H32NO2+. The Labute approximate surface area is 163 Å². The van der Waals surface area contributed by atoms with E-state index in [0.29, 0.717) is 5.92 Å². The lowest BCUT2D eigenvalue weighted by atomic mass is 9.66. The molecular weight excluding hydrogens is 334 g/mol. The van der Waals surface area contributed by atoms with Crippen LogP contribution < -0.4 is 9.64 Å². The van der Waals surface area contributed by atoms with E-state index in [2.05, 4.69) is 49.4 Å². The normalized spacial score (nSPS) is 30.6. The molecule has 1 saturated carbocycles. The van der Waals surface area contributed by atoms with Crippen LogP contribution in [-0.4, -0.2) is 24.4 Å². The van der Waals surface area contributed by atoms with Gasteiger partial charge in [0.15, 0.2) is 0 Å². The fourth-order valence-corrected chi connectivity index (χ4v) is 5.38. The second kappa shape index (κ2) is 7.65. The smallest absolute Gasteiger partial charge is 0.128 e. The maximum absolute atomic E-state index is 11.5. The molecule has 4 atom stereocenters. The van der Waals surface area contributed by atoms with Gasteiger partial charge in [-0.05, 0) is 31.9 Å². The van der Waals surface area contributed by atoms with Gasteiger partial charge in [-0.1, -0.05) is 54.8 Å². The molecule has 0 aromatic heterocycles. The van der Waals surface area contributed by atoms with Crippen molar-refractivity contribution in [3.8, 4) is 5.75 Å². The molecule has 0 amide bonds. The number of nitrogens with one attached hydrogen (secondary N) is 1. The first-order valence-electron chi connectivity index (χ1n) is 10.4. The molecule has 1 unspecified atom stereocenters. The van der Waals surface area contributed by atoms with Crippen molar-refractivity contribution in [3.05, 3.63) is 65.2 Å². The lowest BCUT2D eigenvalue weighted by Crippen LogP contribution is -3.13. The van der Waals surface area contributed by atoms with Gasteiger partial charge in [-0.25, -0.2) is 0 Å². The number of aliphatic hydroxyl groups is 1. The molecule has 27 heavy (non-hydrogen) atoms. The minimum Gasteiger partial charge on any atom is -0.496 e. The summed E-state index contributed by atoms with van der Waals surface area (Å²) in [5, 5.41) is 11.5. The highest BCUT2D eigenvalue weighted by Gasteiger charge is 2.52. The Kier molecular flexibility index (Phi) is 5.25. The molecule has 3 nitrogen and oxygen atoms in total. The zero-order chi connectivity index (χ0) is 18.9. The first kappa shape index (κ1) is 18.5. The van der Waals surface area contributed by atoms with E-state index >= 15 is 0 Å². The summed E-state index contributed by atoms with van der Waals surface area (Å²) in [6.45, 7) is 4.14. The van der Waals surface area contributed by atoms with Crippen molar-refractivity contribution in [2.75, 3.05) is 13.7 Å². The Morgan fingerprint density at radius 3 is 2.63 bits per heavy atom. The van der Waals surface area contributed by atoms with Crippen molar-refractivity contribution < 1.29 is 14.7 Å². The summed E-state index contributed by atoms with van der Waals surface area (Å²) in [7, 11) is 1.76. The number of rotatable bonds is 4. The van der Waals surface area contributed by atoms with E-state index in [4.69, 9.17) is 4.74 Å². The first-order valence-corrected chi connectivity index (χ1v) is 10.4. The summed E-state index contributed by atoms with van der Waals surface area (Å²) in [4.78, 5) is 1.56. The van der Waals surface area contributed by atoms with Crippen LogP contribution in [-0.2, 0) is 6.54 Å². The fraction of sp³-hybridized carbons (Fsp3) is 0.500. The van der Waals surface area contributed by atoms with Gasteiger partial charge in [-0.3, -0.25) is 0 Å². The molecule has 4 rings (SSSR count). The molecule has 1 saturated heterocycles. The van der Waals surface area contributed by atoms with Gasteiger partial charge < -0.3 is 14.7 Å². The van der Waals surface area contributed by atoms with Gasteiger partial charge in [0.05, 0.1) is 24.8 Å². The number of methoxy groups -OCH3 is 1. The molecule has 2 aromatic rings. The molecule has 0 radical (unpaired) electrons. The minimum atomic E-state index is -0.513. The molecule has 3 heteroatoms. The van der Waals surface area contributed by atoms with Crippen LogP contribution >= 0.6 is 0 Å². The van der Waals surface area contributed by atoms with E-state index < -0.39 is 5.60 Å². The van der Waals surface area contributed by atoms with Crippen molar-refractivity contribution in [2.45, 2.75) is 57.2 Å². The number of ether oxygens (including phenoxy) is 1. The summed E-state index contributed by atoms with van der Waals surface area (Å²) >= 11 is 0. The number of fused-ring (bicyclic) bond motifs is 1. The summed E-state index contributed by atoms with van der Waals surface area (Å²) in [6.07, 6.45) is 5.33. The molecule has 2 aromatic carbocycles. The van der Waals surface area contributed by atoms with E-state index in [1.807, 2.05) is 6.07 Å². The summed E-state index contributed by atoms with van der Waals surface area (Å²) in [5.74, 6) is 1.26. The zero-order valence-electron chi connectivity index (χ0n) is 16.6.